The number of carbonyl (C=O) groups excluding carboxylic acids is 1. The first kappa shape index (κ1) is 12.6. The van der Waals surface area contributed by atoms with E-state index in [1.807, 2.05) is 6.92 Å². The zero-order valence-corrected chi connectivity index (χ0v) is 11.3. The Morgan fingerprint density at radius 1 is 1.53 bits per heavy atom. The fraction of sp³-hybridized carbons (Fsp3) is 0.545. The van der Waals surface area contributed by atoms with Crippen molar-refractivity contribution in [1.29, 1.82) is 0 Å². The summed E-state index contributed by atoms with van der Waals surface area (Å²) in [5.41, 5.74) is 4.69. The van der Waals surface area contributed by atoms with Crippen molar-refractivity contribution in [2.75, 3.05) is 26.2 Å². The molecule has 2 rings (SSSR count). The minimum atomic E-state index is -0.881. The van der Waals surface area contributed by atoms with Crippen LogP contribution in [0.15, 0.2) is 21.2 Å². The van der Waals surface area contributed by atoms with Gasteiger partial charge in [-0.05, 0) is 35.0 Å². The predicted octanol–water partition coefficient (Wildman–Crippen LogP) is 0.648. The van der Waals surface area contributed by atoms with Crippen molar-refractivity contribution < 1.29 is 9.21 Å². The number of rotatable bonds is 3. The first-order valence-corrected chi connectivity index (χ1v) is 6.36. The van der Waals surface area contributed by atoms with Crippen LogP contribution in [0.4, 0.5) is 0 Å². The summed E-state index contributed by atoms with van der Waals surface area (Å²) < 4.78 is 6.12. The van der Waals surface area contributed by atoms with E-state index in [1.165, 1.54) is 0 Å². The molecule has 0 aliphatic carbocycles. The molecule has 1 aliphatic heterocycles. The second-order valence-corrected chi connectivity index (χ2v) is 5.06. The molecule has 6 heteroatoms. The average Bonchev–Trinajstić information content (AvgIpc) is 2.76. The van der Waals surface area contributed by atoms with Crippen molar-refractivity contribution in [1.82, 2.24) is 10.2 Å². The number of hydrogen-bond acceptors (Lipinski definition) is 4. The number of nitrogens with zero attached hydrogens (tertiary/aromatic N) is 1. The van der Waals surface area contributed by atoms with Gasteiger partial charge in [-0.2, -0.15) is 0 Å². The fourth-order valence-corrected chi connectivity index (χ4v) is 2.43. The van der Waals surface area contributed by atoms with Gasteiger partial charge in [0.1, 0.15) is 5.76 Å². The molecule has 0 bridgehead atoms. The Hall–Kier alpha value is -0.850. The molecule has 94 valence electrons. The number of nitrogens with one attached hydrogen (secondary N) is 1. The molecule has 0 spiro atoms. The van der Waals surface area contributed by atoms with Crippen LogP contribution in [0.1, 0.15) is 12.7 Å². The average molecular weight is 302 g/mol. The molecule has 1 aromatic heterocycles. The van der Waals surface area contributed by atoms with Crippen LogP contribution in [-0.4, -0.2) is 37.0 Å². The van der Waals surface area contributed by atoms with E-state index in [-0.39, 0.29) is 5.91 Å². The molecule has 3 N–H and O–H groups in total. The van der Waals surface area contributed by atoms with Crippen LogP contribution in [0.3, 0.4) is 0 Å². The first-order valence-electron chi connectivity index (χ1n) is 5.56. The van der Waals surface area contributed by atoms with Crippen molar-refractivity contribution in [3.63, 3.8) is 0 Å². The van der Waals surface area contributed by atoms with E-state index >= 15 is 0 Å². The molecule has 1 saturated heterocycles. The molecule has 0 radical (unpaired) electrons. The van der Waals surface area contributed by atoms with Crippen LogP contribution in [-0.2, 0) is 10.3 Å². The summed E-state index contributed by atoms with van der Waals surface area (Å²) in [5, 5.41) is 3.25. The quantitative estimate of drug-likeness (QED) is 0.860. The number of piperazine rings is 1. The van der Waals surface area contributed by atoms with Gasteiger partial charge in [-0.1, -0.05) is 0 Å². The van der Waals surface area contributed by atoms with Crippen molar-refractivity contribution in [3.05, 3.63) is 22.6 Å². The maximum Gasteiger partial charge on any atom is 0.245 e. The van der Waals surface area contributed by atoms with E-state index in [0.717, 1.165) is 26.2 Å². The zero-order chi connectivity index (χ0) is 12.5. The monoisotopic (exact) mass is 301 g/mol. The van der Waals surface area contributed by atoms with Gasteiger partial charge >= 0.3 is 0 Å². The highest BCUT2D eigenvalue weighted by Gasteiger charge is 2.42. The van der Waals surface area contributed by atoms with Gasteiger partial charge in [0.15, 0.2) is 10.2 Å². The van der Waals surface area contributed by atoms with Crippen LogP contribution in [0, 0.1) is 0 Å². The third kappa shape index (κ3) is 2.25. The van der Waals surface area contributed by atoms with Gasteiger partial charge in [0.25, 0.3) is 0 Å². The smallest absolute Gasteiger partial charge is 0.245 e. The van der Waals surface area contributed by atoms with Crippen molar-refractivity contribution in [2.24, 2.45) is 5.73 Å². The Labute approximate surface area is 108 Å². The molecule has 1 aliphatic rings. The van der Waals surface area contributed by atoms with Crippen LogP contribution in [0.5, 0.6) is 0 Å². The lowest BCUT2D eigenvalue weighted by atomic mass is 9.94. The lowest BCUT2D eigenvalue weighted by Gasteiger charge is -2.39. The Morgan fingerprint density at radius 3 is 2.65 bits per heavy atom. The van der Waals surface area contributed by atoms with Crippen LogP contribution >= 0.6 is 15.9 Å². The fourth-order valence-electron chi connectivity index (χ4n) is 2.12. The predicted molar refractivity (Wildman–Crippen MR) is 67.4 cm³/mol. The summed E-state index contributed by atoms with van der Waals surface area (Å²) >= 11 is 3.25. The molecular weight excluding hydrogens is 286 g/mol. The molecule has 0 aromatic carbocycles. The minimum Gasteiger partial charge on any atom is -0.452 e. The van der Waals surface area contributed by atoms with E-state index in [9.17, 15) is 4.79 Å². The Morgan fingerprint density at radius 2 is 2.18 bits per heavy atom. The third-order valence-corrected chi connectivity index (χ3v) is 3.71. The molecular formula is C11H16BrN3O2. The van der Waals surface area contributed by atoms with Crippen LogP contribution in [0.25, 0.3) is 0 Å². The van der Waals surface area contributed by atoms with E-state index < -0.39 is 5.54 Å². The van der Waals surface area contributed by atoms with E-state index in [0.29, 0.717) is 10.4 Å². The van der Waals surface area contributed by atoms with Crippen LogP contribution < -0.4 is 11.1 Å². The molecule has 1 aromatic rings. The Kier molecular flexibility index (Phi) is 3.56. The molecule has 1 amide bonds. The normalized spacial score (nSPS) is 21.1. The number of furan rings is 1. The number of nitrogens with two attached hydrogens (primary N) is 1. The molecule has 1 fully saturated rings. The van der Waals surface area contributed by atoms with Crippen molar-refractivity contribution in [3.8, 4) is 0 Å². The molecule has 0 saturated carbocycles. The second-order valence-electron chi connectivity index (χ2n) is 4.28. The van der Waals surface area contributed by atoms with Gasteiger partial charge in [0, 0.05) is 26.2 Å². The standard InChI is InChI=1S/C11H16BrN3O2/c1-11(10(13)16,8-2-3-9(12)17-8)15-6-4-14-5-7-15/h2-3,14H,4-7H2,1H3,(H2,13,16). The number of primary amides is 1. The summed E-state index contributed by atoms with van der Waals surface area (Å²) in [5.74, 6) is 0.194. The number of amides is 1. The summed E-state index contributed by atoms with van der Waals surface area (Å²) in [7, 11) is 0. The van der Waals surface area contributed by atoms with E-state index in [1.54, 1.807) is 12.1 Å². The van der Waals surface area contributed by atoms with E-state index in [2.05, 4.69) is 26.1 Å². The van der Waals surface area contributed by atoms with Gasteiger partial charge in [-0.25, -0.2) is 0 Å². The highest BCUT2D eigenvalue weighted by Crippen LogP contribution is 2.31. The summed E-state index contributed by atoms with van der Waals surface area (Å²) in [6, 6.07) is 3.57. The lowest BCUT2D eigenvalue weighted by Crippen LogP contribution is -2.58. The zero-order valence-electron chi connectivity index (χ0n) is 9.70. The van der Waals surface area contributed by atoms with Gasteiger partial charge in [-0.15, -0.1) is 0 Å². The molecule has 17 heavy (non-hydrogen) atoms. The summed E-state index contributed by atoms with van der Waals surface area (Å²) in [6.07, 6.45) is 0. The maximum atomic E-state index is 11.8. The lowest BCUT2D eigenvalue weighted by molar-refractivity contribution is -0.131. The van der Waals surface area contributed by atoms with E-state index in [4.69, 9.17) is 10.2 Å². The van der Waals surface area contributed by atoms with Crippen LogP contribution in [0.2, 0.25) is 0 Å². The molecule has 2 heterocycles. The van der Waals surface area contributed by atoms with Gasteiger partial charge in [0.05, 0.1) is 0 Å². The molecule has 5 nitrogen and oxygen atoms in total. The number of hydrogen-bond donors (Lipinski definition) is 2. The SMILES string of the molecule is CC(C(N)=O)(c1ccc(Br)o1)N1CCNCC1. The maximum absolute atomic E-state index is 11.8. The van der Waals surface area contributed by atoms with Gasteiger partial charge in [-0.3, -0.25) is 9.69 Å². The minimum absolute atomic E-state index is 0.388. The second kappa shape index (κ2) is 4.80. The highest BCUT2D eigenvalue weighted by atomic mass is 79.9. The summed E-state index contributed by atoms with van der Waals surface area (Å²) in [6.45, 7) is 5.07. The third-order valence-electron chi connectivity index (χ3n) is 3.28. The Balaban J connectivity index is 2.34. The van der Waals surface area contributed by atoms with Gasteiger partial charge < -0.3 is 15.5 Å². The van der Waals surface area contributed by atoms with Gasteiger partial charge in [0.2, 0.25) is 5.91 Å². The van der Waals surface area contributed by atoms with Crippen molar-refractivity contribution in [2.45, 2.75) is 12.5 Å². The molecule has 1 unspecified atom stereocenters. The largest absolute Gasteiger partial charge is 0.452 e. The Bertz CT molecular complexity index is 415. The topological polar surface area (TPSA) is 71.5 Å². The first-order chi connectivity index (χ1) is 8.05. The van der Waals surface area contributed by atoms with Crippen molar-refractivity contribution >= 4 is 21.8 Å². The summed E-state index contributed by atoms with van der Waals surface area (Å²) in [4.78, 5) is 13.9. The highest BCUT2D eigenvalue weighted by molar-refractivity contribution is 9.10. The number of halogens is 1. The molecule has 1 atom stereocenters. The number of carbonyl (C=O) groups is 1.